The van der Waals surface area contributed by atoms with Crippen molar-refractivity contribution in [1.82, 2.24) is 5.32 Å². The minimum atomic E-state index is -0.829. The number of methoxy groups -OCH3 is 2. The van der Waals surface area contributed by atoms with Gasteiger partial charge in [0.1, 0.15) is 11.5 Å². The van der Waals surface area contributed by atoms with Gasteiger partial charge >= 0.3 is 5.97 Å². The number of nitrogens with one attached hydrogen (secondary N) is 1. The molecule has 0 heterocycles. The van der Waals surface area contributed by atoms with Crippen molar-refractivity contribution >= 4 is 11.9 Å². The number of carboxylic acids is 1. The van der Waals surface area contributed by atoms with Gasteiger partial charge in [-0.2, -0.15) is 0 Å². The Bertz CT molecular complexity index is 501. The van der Waals surface area contributed by atoms with E-state index in [4.69, 9.17) is 14.6 Å². The van der Waals surface area contributed by atoms with Gasteiger partial charge in [-0.15, -0.1) is 0 Å². The fraction of sp³-hybridized carbons (Fsp3) is 0.467. The van der Waals surface area contributed by atoms with Gasteiger partial charge in [0.05, 0.1) is 19.8 Å². The summed E-state index contributed by atoms with van der Waals surface area (Å²) in [4.78, 5) is 22.6. The van der Waals surface area contributed by atoms with Crippen molar-refractivity contribution in [1.29, 1.82) is 0 Å². The average Bonchev–Trinajstić information content (AvgIpc) is 2.49. The van der Waals surface area contributed by atoms with Crippen LogP contribution in [0.25, 0.3) is 0 Å². The van der Waals surface area contributed by atoms with E-state index < -0.39 is 5.97 Å². The lowest BCUT2D eigenvalue weighted by molar-refractivity contribution is -0.137. The Balaban J connectivity index is 2.61. The molecule has 0 fully saturated rings. The predicted molar refractivity (Wildman–Crippen MR) is 77.9 cm³/mol. The molecule has 0 aliphatic heterocycles. The normalized spacial score (nSPS) is 11.6. The molecule has 1 atom stereocenters. The van der Waals surface area contributed by atoms with Crippen molar-refractivity contribution in [3.63, 3.8) is 0 Å². The smallest absolute Gasteiger partial charge is 0.303 e. The Morgan fingerprint density at radius 2 is 2.00 bits per heavy atom. The number of carbonyl (C=O) groups is 2. The summed E-state index contributed by atoms with van der Waals surface area (Å²) in [6.07, 6.45) is 0.623. The third-order valence-corrected chi connectivity index (χ3v) is 3.12. The third-order valence-electron chi connectivity index (χ3n) is 3.12. The molecule has 1 rings (SSSR count). The van der Waals surface area contributed by atoms with Gasteiger partial charge in [-0.1, -0.05) is 6.92 Å². The number of amides is 1. The topological polar surface area (TPSA) is 84.9 Å². The minimum absolute atomic E-state index is 0.0919. The highest BCUT2D eigenvalue weighted by Crippen LogP contribution is 2.24. The number of benzene rings is 1. The number of rotatable bonds is 8. The molecule has 0 bridgehead atoms. The Morgan fingerprint density at radius 3 is 2.57 bits per heavy atom. The standard InChI is InChI=1S/C15H21NO5/c1-10(4-7-14(17)18)9-16-15(19)12-6-5-11(20-2)8-13(12)21-3/h5-6,8,10H,4,7,9H2,1-3H3,(H,16,19)(H,17,18). The van der Waals surface area contributed by atoms with Crippen LogP contribution < -0.4 is 14.8 Å². The molecule has 1 amide bonds. The number of ether oxygens (including phenoxy) is 2. The molecule has 0 saturated carbocycles. The van der Waals surface area contributed by atoms with E-state index in [2.05, 4.69) is 5.32 Å². The summed E-state index contributed by atoms with van der Waals surface area (Å²) in [5, 5.41) is 11.4. The summed E-state index contributed by atoms with van der Waals surface area (Å²) in [5.74, 6) is 0.0548. The third kappa shape index (κ3) is 5.33. The second kappa shape index (κ2) is 8.14. The second-order valence-corrected chi connectivity index (χ2v) is 4.81. The SMILES string of the molecule is COc1ccc(C(=O)NCC(C)CCC(=O)O)c(OC)c1. The van der Waals surface area contributed by atoms with Gasteiger partial charge in [-0.25, -0.2) is 0 Å². The number of carbonyl (C=O) groups excluding carboxylic acids is 1. The van der Waals surface area contributed by atoms with Crippen LogP contribution in [0.15, 0.2) is 18.2 Å². The quantitative estimate of drug-likeness (QED) is 0.765. The number of hydrogen-bond donors (Lipinski definition) is 2. The first kappa shape index (κ1) is 16.8. The zero-order chi connectivity index (χ0) is 15.8. The van der Waals surface area contributed by atoms with Gasteiger partial charge in [-0.3, -0.25) is 9.59 Å². The van der Waals surface area contributed by atoms with E-state index in [1.807, 2.05) is 6.92 Å². The van der Waals surface area contributed by atoms with Crippen LogP contribution >= 0.6 is 0 Å². The van der Waals surface area contributed by atoms with E-state index in [1.165, 1.54) is 7.11 Å². The van der Waals surface area contributed by atoms with Gasteiger partial charge in [0.15, 0.2) is 0 Å². The van der Waals surface area contributed by atoms with Crippen molar-refractivity contribution in [3.8, 4) is 11.5 Å². The predicted octanol–water partition coefficient (Wildman–Crippen LogP) is 1.93. The Morgan fingerprint density at radius 1 is 1.29 bits per heavy atom. The first-order valence-corrected chi connectivity index (χ1v) is 6.70. The highest BCUT2D eigenvalue weighted by Gasteiger charge is 2.14. The second-order valence-electron chi connectivity index (χ2n) is 4.81. The van der Waals surface area contributed by atoms with E-state index in [9.17, 15) is 9.59 Å². The van der Waals surface area contributed by atoms with Crippen molar-refractivity contribution in [2.24, 2.45) is 5.92 Å². The molecule has 1 unspecified atom stereocenters. The molecule has 6 heteroatoms. The molecule has 0 radical (unpaired) electrons. The number of aliphatic carboxylic acids is 1. The lowest BCUT2D eigenvalue weighted by atomic mass is 10.1. The van der Waals surface area contributed by atoms with Crippen LogP contribution in [0.3, 0.4) is 0 Å². The molecule has 0 aliphatic rings. The Hall–Kier alpha value is -2.24. The molecule has 6 nitrogen and oxygen atoms in total. The zero-order valence-electron chi connectivity index (χ0n) is 12.5. The highest BCUT2D eigenvalue weighted by molar-refractivity contribution is 5.97. The summed E-state index contributed by atoms with van der Waals surface area (Å²) in [7, 11) is 3.03. The van der Waals surface area contributed by atoms with Crippen LogP contribution in [0.2, 0.25) is 0 Å². The first-order valence-electron chi connectivity index (χ1n) is 6.70. The van der Waals surface area contributed by atoms with E-state index in [-0.39, 0.29) is 18.2 Å². The van der Waals surface area contributed by atoms with Crippen LogP contribution in [0.1, 0.15) is 30.1 Å². The minimum Gasteiger partial charge on any atom is -0.497 e. The molecule has 1 aromatic carbocycles. The van der Waals surface area contributed by atoms with Gasteiger partial charge in [0.25, 0.3) is 5.91 Å². The summed E-state index contributed by atoms with van der Waals surface area (Å²) >= 11 is 0. The summed E-state index contributed by atoms with van der Waals surface area (Å²) < 4.78 is 10.3. The van der Waals surface area contributed by atoms with Crippen molar-refractivity contribution in [2.75, 3.05) is 20.8 Å². The molecular formula is C15H21NO5. The maximum Gasteiger partial charge on any atom is 0.303 e. The fourth-order valence-corrected chi connectivity index (χ4v) is 1.82. The van der Waals surface area contributed by atoms with Crippen LogP contribution in [0.5, 0.6) is 11.5 Å². The van der Waals surface area contributed by atoms with Gasteiger partial charge in [-0.05, 0) is 24.5 Å². The summed E-state index contributed by atoms with van der Waals surface area (Å²) in [6, 6.07) is 4.96. The molecular weight excluding hydrogens is 274 g/mol. The molecule has 0 aliphatic carbocycles. The first-order chi connectivity index (χ1) is 9.97. The molecule has 116 valence electrons. The average molecular weight is 295 g/mol. The fourth-order valence-electron chi connectivity index (χ4n) is 1.82. The molecule has 0 spiro atoms. The molecule has 0 saturated heterocycles. The zero-order valence-corrected chi connectivity index (χ0v) is 12.5. The van der Waals surface area contributed by atoms with Crippen LogP contribution in [0, 0.1) is 5.92 Å². The van der Waals surface area contributed by atoms with E-state index in [0.29, 0.717) is 30.0 Å². The van der Waals surface area contributed by atoms with Crippen molar-refractivity contribution in [2.45, 2.75) is 19.8 Å². The Kier molecular flexibility index (Phi) is 6.52. The van der Waals surface area contributed by atoms with Crippen LogP contribution in [0.4, 0.5) is 0 Å². The summed E-state index contributed by atoms with van der Waals surface area (Å²) in [6.45, 7) is 2.32. The van der Waals surface area contributed by atoms with Crippen LogP contribution in [-0.2, 0) is 4.79 Å². The lowest BCUT2D eigenvalue weighted by Crippen LogP contribution is -2.28. The molecule has 2 N–H and O–H groups in total. The maximum absolute atomic E-state index is 12.1. The molecule has 1 aromatic rings. The maximum atomic E-state index is 12.1. The number of carboxylic acid groups (broad SMARTS) is 1. The molecule has 0 aromatic heterocycles. The van der Waals surface area contributed by atoms with Crippen LogP contribution in [-0.4, -0.2) is 37.7 Å². The monoisotopic (exact) mass is 295 g/mol. The summed E-state index contributed by atoms with van der Waals surface area (Å²) in [5.41, 5.74) is 0.420. The Labute approximate surface area is 124 Å². The van der Waals surface area contributed by atoms with E-state index in [0.717, 1.165) is 0 Å². The lowest BCUT2D eigenvalue weighted by Gasteiger charge is -2.13. The van der Waals surface area contributed by atoms with E-state index in [1.54, 1.807) is 25.3 Å². The number of hydrogen-bond acceptors (Lipinski definition) is 4. The largest absolute Gasteiger partial charge is 0.497 e. The van der Waals surface area contributed by atoms with E-state index >= 15 is 0 Å². The van der Waals surface area contributed by atoms with Crippen molar-refractivity contribution < 1.29 is 24.2 Å². The van der Waals surface area contributed by atoms with Gasteiger partial charge in [0.2, 0.25) is 0 Å². The molecule has 21 heavy (non-hydrogen) atoms. The van der Waals surface area contributed by atoms with Crippen molar-refractivity contribution in [3.05, 3.63) is 23.8 Å². The van der Waals surface area contributed by atoms with Gasteiger partial charge in [0, 0.05) is 19.0 Å². The van der Waals surface area contributed by atoms with Gasteiger partial charge < -0.3 is 19.9 Å². The highest BCUT2D eigenvalue weighted by atomic mass is 16.5.